The molecule has 0 unspecified atom stereocenters. The van der Waals surface area contributed by atoms with Crippen LogP contribution in [-0.2, 0) is 22.5 Å². The lowest BCUT2D eigenvalue weighted by Gasteiger charge is -2.26. The Morgan fingerprint density at radius 2 is 2.00 bits per heavy atom. The molecule has 174 valence electrons. The van der Waals surface area contributed by atoms with Gasteiger partial charge in [-0.05, 0) is 38.2 Å². The van der Waals surface area contributed by atoms with E-state index in [0.29, 0.717) is 23.8 Å². The number of nitrogens with zero attached hydrogens (tertiary/aromatic N) is 3. The van der Waals surface area contributed by atoms with Crippen LogP contribution in [0.4, 0.5) is 5.13 Å². The van der Waals surface area contributed by atoms with Gasteiger partial charge in [-0.2, -0.15) is 0 Å². The van der Waals surface area contributed by atoms with Crippen molar-refractivity contribution < 1.29 is 19.1 Å². The molecule has 0 bridgehead atoms. The van der Waals surface area contributed by atoms with E-state index in [-0.39, 0.29) is 0 Å². The van der Waals surface area contributed by atoms with Crippen molar-refractivity contribution in [1.82, 2.24) is 14.9 Å². The molecular formula is C25H24N4O4S. The highest BCUT2D eigenvalue weighted by molar-refractivity contribution is 7.22. The van der Waals surface area contributed by atoms with Gasteiger partial charge in [0.1, 0.15) is 5.75 Å². The summed E-state index contributed by atoms with van der Waals surface area (Å²) in [5.41, 5.74) is 3.79. The van der Waals surface area contributed by atoms with Gasteiger partial charge in [-0.1, -0.05) is 29.5 Å². The second-order valence-electron chi connectivity index (χ2n) is 8.12. The first-order chi connectivity index (χ1) is 16.5. The predicted molar refractivity (Wildman–Crippen MR) is 131 cm³/mol. The Bertz CT molecular complexity index is 1400. The number of carbonyl (C=O) groups excluding carboxylic acids is 2. The Hall–Kier alpha value is -3.56. The number of amides is 1. The number of aromatic nitrogens is 2. The summed E-state index contributed by atoms with van der Waals surface area (Å²) in [6.45, 7) is 3.58. The van der Waals surface area contributed by atoms with E-state index < -0.39 is 18.5 Å². The molecule has 4 aromatic rings. The lowest BCUT2D eigenvalue weighted by atomic mass is 9.96. The number of nitrogens with one attached hydrogen (secondary N) is 1. The molecule has 34 heavy (non-hydrogen) atoms. The molecule has 0 fully saturated rings. The highest BCUT2D eigenvalue weighted by Crippen LogP contribution is 2.30. The summed E-state index contributed by atoms with van der Waals surface area (Å²) in [7, 11) is 2.01. The summed E-state index contributed by atoms with van der Waals surface area (Å²) in [6.07, 6.45) is 0.764. The number of rotatable bonds is 6. The van der Waals surface area contributed by atoms with Crippen molar-refractivity contribution >= 4 is 49.5 Å². The second kappa shape index (κ2) is 9.36. The average Bonchev–Trinajstić information content (AvgIpc) is 3.22. The Labute approximate surface area is 200 Å². The second-order valence-corrected chi connectivity index (χ2v) is 9.15. The van der Waals surface area contributed by atoms with Gasteiger partial charge in [-0.15, -0.1) is 0 Å². The van der Waals surface area contributed by atoms with E-state index in [1.54, 1.807) is 0 Å². The number of anilines is 1. The van der Waals surface area contributed by atoms with E-state index in [9.17, 15) is 9.59 Å². The molecule has 0 saturated heterocycles. The fraction of sp³-hybridized carbons (Fsp3) is 0.280. The minimum atomic E-state index is -0.522. The van der Waals surface area contributed by atoms with Gasteiger partial charge in [-0.3, -0.25) is 15.1 Å². The number of pyridine rings is 1. The van der Waals surface area contributed by atoms with E-state index in [2.05, 4.69) is 15.2 Å². The molecule has 2 aromatic carbocycles. The third kappa shape index (κ3) is 4.44. The first-order valence-corrected chi connectivity index (χ1v) is 11.9. The zero-order chi connectivity index (χ0) is 23.7. The summed E-state index contributed by atoms with van der Waals surface area (Å²) >= 11 is 1.34. The highest BCUT2D eigenvalue weighted by atomic mass is 32.1. The monoisotopic (exact) mass is 476 g/mol. The molecule has 0 spiro atoms. The van der Waals surface area contributed by atoms with E-state index >= 15 is 0 Å². The number of likely N-dealkylation sites (N-methyl/N-ethyl adjacent to an activating group) is 1. The molecule has 1 aliphatic heterocycles. The van der Waals surface area contributed by atoms with Crippen LogP contribution in [0.5, 0.6) is 5.75 Å². The fourth-order valence-corrected chi connectivity index (χ4v) is 5.04. The van der Waals surface area contributed by atoms with Crippen LogP contribution in [0.2, 0.25) is 0 Å². The van der Waals surface area contributed by atoms with Crippen molar-refractivity contribution in [2.75, 3.05) is 32.1 Å². The number of carbonyl (C=O) groups is 2. The summed E-state index contributed by atoms with van der Waals surface area (Å²) in [4.78, 5) is 37.0. The van der Waals surface area contributed by atoms with Crippen molar-refractivity contribution in [3.63, 3.8) is 0 Å². The van der Waals surface area contributed by atoms with Gasteiger partial charge in [0.05, 0.1) is 27.9 Å². The van der Waals surface area contributed by atoms with E-state index in [0.717, 1.165) is 51.1 Å². The molecular weight excluding hydrogens is 452 g/mol. The summed E-state index contributed by atoms with van der Waals surface area (Å²) in [5.74, 6) is -0.211. The molecule has 1 aliphatic rings. The maximum absolute atomic E-state index is 13.2. The highest BCUT2D eigenvalue weighted by Gasteiger charge is 2.26. The number of hydrogen-bond acceptors (Lipinski definition) is 8. The normalized spacial score (nSPS) is 13.6. The molecule has 0 saturated carbocycles. The first kappa shape index (κ1) is 22.2. The summed E-state index contributed by atoms with van der Waals surface area (Å²) < 4.78 is 11.9. The van der Waals surface area contributed by atoms with E-state index in [4.69, 9.17) is 14.5 Å². The van der Waals surface area contributed by atoms with E-state index in [1.807, 2.05) is 56.4 Å². The summed E-state index contributed by atoms with van der Waals surface area (Å²) in [6, 6.07) is 13.1. The van der Waals surface area contributed by atoms with Crippen LogP contribution in [0.25, 0.3) is 21.1 Å². The van der Waals surface area contributed by atoms with Crippen LogP contribution in [0.3, 0.4) is 0 Å². The number of para-hydroxylation sites is 1. The van der Waals surface area contributed by atoms with Crippen LogP contribution >= 0.6 is 11.3 Å². The predicted octanol–water partition coefficient (Wildman–Crippen LogP) is 4.03. The molecule has 8 nitrogen and oxygen atoms in total. The van der Waals surface area contributed by atoms with E-state index in [1.165, 1.54) is 11.3 Å². The van der Waals surface area contributed by atoms with Crippen molar-refractivity contribution in [3.05, 3.63) is 59.3 Å². The molecule has 0 radical (unpaired) electrons. The maximum Gasteiger partial charge on any atom is 0.339 e. The minimum Gasteiger partial charge on any atom is -0.494 e. The Morgan fingerprint density at radius 3 is 2.85 bits per heavy atom. The van der Waals surface area contributed by atoms with Gasteiger partial charge in [0.15, 0.2) is 11.7 Å². The fourth-order valence-electron chi connectivity index (χ4n) is 4.13. The molecule has 3 heterocycles. The van der Waals surface area contributed by atoms with Crippen molar-refractivity contribution in [2.45, 2.75) is 19.9 Å². The number of hydrogen-bond donors (Lipinski definition) is 1. The average molecular weight is 477 g/mol. The zero-order valence-corrected chi connectivity index (χ0v) is 19.8. The largest absolute Gasteiger partial charge is 0.494 e. The number of thiazole rings is 1. The van der Waals surface area contributed by atoms with Crippen LogP contribution in [-0.4, -0.2) is 53.6 Å². The number of esters is 1. The number of benzene rings is 2. The molecule has 5 rings (SSSR count). The van der Waals surface area contributed by atoms with Crippen molar-refractivity contribution in [1.29, 1.82) is 0 Å². The Kier molecular flexibility index (Phi) is 6.12. The Morgan fingerprint density at radius 1 is 1.15 bits per heavy atom. The van der Waals surface area contributed by atoms with Crippen molar-refractivity contribution in [3.8, 4) is 5.75 Å². The maximum atomic E-state index is 13.2. The van der Waals surface area contributed by atoms with Gasteiger partial charge in [0, 0.05) is 36.2 Å². The van der Waals surface area contributed by atoms with Crippen LogP contribution < -0.4 is 10.1 Å². The van der Waals surface area contributed by atoms with Crippen LogP contribution in [0, 0.1) is 0 Å². The smallest absolute Gasteiger partial charge is 0.339 e. The van der Waals surface area contributed by atoms with Crippen molar-refractivity contribution in [2.24, 2.45) is 0 Å². The topological polar surface area (TPSA) is 93.7 Å². The van der Waals surface area contributed by atoms with Gasteiger partial charge < -0.3 is 14.4 Å². The van der Waals surface area contributed by atoms with Gasteiger partial charge in [0.2, 0.25) is 0 Å². The van der Waals surface area contributed by atoms with Crippen LogP contribution in [0.1, 0.15) is 28.5 Å². The molecule has 9 heteroatoms. The van der Waals surface area contributed by atoms with Crippen LogP contribution in [0.15, 0.2) is 42.5 Å². The lowest BCUT2D eigenvalue weighted by molar-refractivity contribution is -0.119. The SMILES string of the molecule is CCOc1ccc2nc(NC(=O)COC(=O)c3c4c(nc5ccccc35)CCN(C)C4)sc2c1. The standard InChI is InChI=1S/C25H24N4O4S/c1-3-32-15-8-9-20-21(12-15)34-25(27-20)28-22(30)14-33-24(31)23-16-6-4-5-7-18(16)26-19-10-11-29(2)13-17(19)23/h4-9,12H,3,10-11,13-14H2,1-2H3,(H,27,28,30). The minimum absolute atomic E-state index is 0.403. The Balaban J connectivity index is 1.32. The number of ether oxygens (including phenoxy) is 2. The summed E-state index contributed by atoms with van der Waals surface area (Å²) in [5, 5.41) is 3.90. The zero-order valence-electron chi connectivity index (χ0n) is 19.0. The third-order valence-corrected chi connectivity index (χ3v) is 6.63. The first-order valence-electron chi connectivity index (χ1n) is 11.1. The molecule has 2 aromatic heterocycles. The van der Waals surface area contributed by atoms with Gasteiger partial charge in [-0.25, -0.2) is 9.78 Å². The molecule has 1 amide bonds. The van der Waals surface area contributed by atoms with Gasteiger partial charge >= 0.3 is 5.97 Å². The molecule has 1 N–H and O–H groups in total. The lowest BCUT2D eigenvalue weighted by Crippen LogP contribution is -2.30. The quantitative estimate of drug-likeness (QED) is 0.420. The van der Waals surface area contributed by atoms with Gasteiger partial charge in [0.25, 0.3) is 5.91 Å². The number of fused-ring (bicyclic) bond motifs is 3. The third-order valence-electron chi connectivity index (χ3n) is 5.69. The molecule has 0 atom stereocenters. The molecule has 0 aliphatic carbocycles.